The summed E-state index contributed by atoms with van der Waals surface area (Å²) in [6.07, 6.45) is 2.69. The average molecular weight is 307 g/mol. The minimum atomic E-state index is -0.723. The second-order valence-corrected chi connectivity index (χ2v) is 5.16. The van der Waals surface area contributed by atoms with Gasteiger partial charge in [-0.2, -0.15) is 0 Å². The van der Waals surface area contributed by atoms with E-state index in [1.807, 2.05) is 13.8 Å². The van der Waals surface area contributed by atoms with Crippen molar-refractivity contribution in [3.63, 3.8) is 0 Å². The monoisotopic (exact) mass is 307 g/mol. The third-order valence-electron chi connectivity index (χ3n) is 3.27. The molecule has 0 aliphatic rings. The molecule has 1 amide bonds. The van der Waals surface area contributed by atoms with Crippen molar-refractivity contribution in [3.8, 4) is 17.1 Å². The zero-order chi connectivity index (χ0) is 16.3. The standard InChI is InChI=1S/C15H18FN3O3/c1-8(2)14(17)15(20)19-11-5-12(21-3)9(4-10(11)16)13-6-18-7-22-13/h4-8,14H,17H2,1-3H3,(H,19,20)/t14-/m1/s1. The smallest absolute Gasteiger partial charge is 0.241 e. The molecule has 1 heterocycles. The fraction of sp³-hybridized carbons (Fsp3) is 0.333. The van der Waals surface area contributed by atoms with Crippen molar-refractivity contribution in [1.82, 2.24) is 4.98 Å². The fourth-order valence-corrected chi connectivity index (χ4v) is 1.88. The van der Waals surface area contributed by atoms with Crippen LogP contribution in [0, 0.1) is 11.7 Å². The van der Waals surface area contributed by atoms with Crippen molar-refractivity contribution in [2.24, 2.45) is 11.7 Å². The van der Waals surface area contributed by atoms with Crippen molar-refractivity contribution in [3.05, 3.63) is 30.5 Å². The van der Waals surface area contributed by atoms with Crippen LogP contribution in [0.25, 0.3) is 11.3 Å². The van der Waals surface area contributed by atoms with Gasteiger partial charge in [0.2, 0.25) is 5.91 Å². The highest BCUT2D eigenvalue weighted by Gasteiger charge is 2.20. The highest BCUT2D eigenvalue weighted by atomic mass is 19.1. The number of nitrogens with two attached hydrogens (primary N) is 1. The van der Waals surface area contributed by atoms with E-state index >= 15 is 0 Å². The molecule has 0 radical (unpaired) electrons. The first kappa shape index (κ1) is 16.0. The van der Waals surface area contributed by atoms with Crippen LogP contribution >= 0.6 is 0 Å². The summed E-state index contributed by atoms with van der Waals surface area (Å²) < 4.78 is 24.6. The van der Waals surface area contributed by atoms with E-state index in [4.69, 9.17) is 14.9 Å². The number of rotatable bonds is 5. The lowest BCUT2D eigenvalue weighted by molar-refractivity contribution is -0.118. The van der Waals surface area contributed by atoms with Gasteiger partial charge in [-0.1, -0.05) is 13.8 Å². The number of anilines is 1. The fourth-order valence-electron chi connectivity index (χ4n) is 1.88. The van der Waals surface area contributed by atoms with Gasteiger partial charge < -0.3 is 20.2 Å². The number of carbonyl (C=O) groups excluding carboxylic acids is 1. The van der Waals surface area contributed by atoms with Crippen LogP contribution in [-0.4, -0.2) is 24.0 Å². The number of benzene rings is 1. The first-order chi connectivity index (χ1) is 10.4. The lowest BCUT2D eigenvalue weighted by Crippen LogP contribution is -2.39. The normalized spacial score (nSPS) is 12.3. The number of hydrogen-bond acceptors (Lipinski definition) is 5. The van der Waals surface area contributed by atoms with Crippen LogP contribution in [0.3, 0.4) is 0 Å². The van der Waals surface area contributed by atoms with Crippen LogP contribution in [0.4, 0.5) is 10.1 Å². The number of amides is 1. The second kappa shape index (κ2) is 6.57. The largest absolute Gasteiger partial charge is 0.496 e. The number of oxazole rings is 1. The summed E-state index contributed by atoms with van der Waals surface area (Å²) in [5, 5.41) is 2.47. The van der Waals surface area contributed by atoms with E-state index < -0.39 is 17.8 Å². The Morgan fingerprint density at radius 3 is 2.73 bits per heavy atom. The van der Waals surface area contributed by atoms with Gasteiger partial charge in [0, 0.05) is 6.07 Å². The molecule has 0 saturated heterocycles. The molecule has 0 bridgehead atoms. The van der Waals surface area contributed by atoms with E-state index in [0.29, 0.717) is 17.1 Å². The number of methoxy groups -OCH3 is 1. The van der Waals surface area contributed by atoms with Gasteiger partial charge in [-0.15, -0.1) is 0 Å². The summed E-state index contributed by atoms with van der Waals surface area (Å²) in [4.78, 5) is 15.7. The predicted molar refractivity (Wildman–Crippen MR) is 79.9 cm³/mol. The molecule has 0 spiro atoms. The highest BCUT2D eigenvalue weighted by Crippen LogP contribution is 2.34. The molecule has 3 N–H and O–H groups in total. The molecule has 0 saturated carbocycles. The third kappa shape index (κ3) is 3.25. The first-order valence-corrected chi connectivity index (χ1v) is 6.77. The van der Waals surface area contributed by atoms with Crippen LogP contribution in [0.5, 0.6) is 5.75 Å². The van der Waals surface area contributed by atoms with Gasteiger partial charge in [0.1, 0.15) is 11.6 Å². The average Bonchev–Trinajstić information content (AvgIpc) is 3.01. The molecule has 0 unspecified atom stereocenters. The Morgan fingerprint density at radius 2 is 2.18 bits per heavy atom. The molecule has 1 aromatic heterocycles. The topological polar surface area (TPSA) is 90.4 Å². The Morgan fingerprint density at radius 1 is 1.45 bits per heavy atom. The molecule has 2 aromatic rings. The lowest BCUT2D eigenvalue weighted by Gasteiger charge is -2.16. The molecular formula is C15H18FN3O3. The molecule has 118 valence electrons. The van der Waals surface area contributed by atoms with Gasteiger partial charge in [-0.3, -0.25) is 4.79 Å². The van der Waals surface area contributed by atoms with Crippen molar-refractivity contribution < 1.29 is 18.3 Å². The summed E-state index contributed by atoms with van der Waals surface area (Å²) in [5.41, 5.74) is 6.15. The quantitative estimate of drug-likeness (QED) is 0.885. The molecule has 1 aromatic carbocycles. The van der Waals surface area contributed by atoms with Gasteiger partial charge in [0.05, 0.1) is 30.6 Å². The SMILES string of the molecule is COc1cc(NC(=O)[C@H](N)C(C)C)c(F)cc1-c1cnco1. The molecule has 22 heavy (non-hydrogen) atoms. The number of aromatic nitrogens is 1. The Hall–Kier alpha value is -2.41. The van der Waals surface area contributed by atoms with Crippen LogP contribution in [-0.2, 0) is 4.79 Å². The van der Waals surface area contributed by atoms with Gasteiger partial charge >= 0.3 is 0 Å². The number of carbonyl (C=O) groups is 1. The van der Waals surface area contributed by atoms with E-state index in [1.54, 1.807) is 0 Å². The zero-order valence-corrected chi connectivity index (χ0v) is 12.6. The van der Waals surface area contributed by atoms with E-state index in [1.165, 1.54) is 31.8 Å². The molecule has 7 heteroatoms. The van der Waals surface area contributed by atoms with Gasteiger partial charge in [-0.05, 0) is 12.0 Å². The summed E-state index contributed by atoms with van der Waals surface area (Å²) in [5.74, 6) is -0.405. The molecule has 0 aliphatic carbocycles. The van der Waals surface area contributed by atoms with Gasteiger partial charge in [-0.25, -0.2) is 9.37 Å². The summed E-state index contributed by atoms with van der Waals surface area (Å²) in [6, 6.07) is 1.88. The maximum atomic E-state index is 14.2. The third-order valence-corrected chi connectivity index (χ3v) is 3.27. The second-order valence-electron chi connectivity index (χ2n) is 5.16. The number of ether oxygens (including phenoxy) is 1. The van der Waals surface area contributed by atoms with E-state index in [9.17, 15) is 9.18 Å². The maximum absolute atomic E-state index is 14.2. The zero-order valence-electron chi connectivity index (χ0n) is 12.6. The molecule has 0 aliphatic heterocycles. The maximum Gasteiger partial charge on any atom is 0.241 e. The minimum absolute atomic E-state index is 0.00113. The van der Waals surface area contributed by atoms with Crippen molar-refractivity contribution >= 4 is 11.6 Å². The Bertz CT molecular complexity index is 656. The first-order valence-electron chi connectivity index (χ1n) is 6.77. The number of nitrogens with zero attached hydrogens (tertiary/aromatic N) is 1. The summed E-state index contributed by atoms with van der Waals surface area (Å²) in [7, 11) is 1.44. The van der Waals surface area contributed by atoms with E-state index in [-0.39, 0.29) is 11.6 Å². The summed E-state index contributed by atoms with van der Waals surface area (Å²) >= 11 is 0. The number of halogens is 1. The van der Waals surface area contributed by atoms with Crippen molar-refractivity contribution in [1.29, 1.82) is 0 Å². The molecular weight excluding hydrogens is 289 g/mol. The van der Waals surface area contributed by atoms with Crippen molar-refractivity contribution in [2.45, 2.75) is 19.9 Å². The van der Waals surface area contributed by atoms with Crippen LogP contribution in [0.15, 0.2) is 29.1 Å². The molecule has 6 nitrogen and oxygen atoms in total. The Balaban J connectivity index is 2.33. The van der Waals surface area contributed by atoms with Crippen LogP contribution < -0.4 is 15.8 Å². The molecule has 1 atom stereocenters. The van der Waals surface area contributed by atoms with Gasteiger partial charge in [0.25, 0.3) is 0 Å². The predicted octanol–water partition coefficient (Wildman–Crippen LogP) is 2.41. The van der Waals surface area contributed by atoms with Gasteiger partial charge in [0.15, 0.2) is 12.2 Å². The van der Waals surface area contributed by atoms with E-state index in [0.717, 1.165) is 0 Å². The van der Waals surface area contributed by atoms with Crippen LogP contribution in [0.1, 0.15) is 13.8 Å². The van der Waals surface area contributed by atoms with E-state index in [2.05, 4.69) is 10.3 Å². The highest BCUT2D eigenvalue weighted by molar-refractivity contribution is 5.95. The Labute approximate surface area is 127 Å². The summed E-state index contributed by atoms with van der Waals surface area (Å²) in [6.45, 7) is 3.63. The van der Waals surface area contributed by atoms with Crippen molar-refractivity contribution in [2.75, 3.05) is 12.4 Å². The van der Waals surface area contributed by atoms with Crippen LogP contribution in [0.2, 0.25) is 0 Å². The lowest BCUT2D eigenvalue weighted by atomic mass is 10.0. The number of nitrogens with one attached hydrogen (secondary N) is 1. The Kier molecular flexibility index (Phi) is 4.77. The molecule has 2 rings (SSSR count). The minimum Gasteiger partial charge on any atom is -0.496 e. The molecule has 0 fully saturated rings. The number of hydrogen-bond donors (Lipinski definition) is 2.